The number of benzene rings is 2. The number of hydrogen-bond donors (Lipinski definition) is 2. The van der Waals surface area contributed by atoms with Crippen molar-refractivity contribution in [1.29, 1.82) is 0 Å². The Labute approximate surface area is 179 Å². The zero-order chi connectivity index (χ0) is 20.7. The molecule has 0 unspecified atom stereocenters. The van der Waals surface area contributed by atoms with Crippen molar-refractivity contribution in [2.45, 2.75) is 38.0 Å². The van der Waals surface area contributed by atoms with Crippen molar-refractivity contribution in [2.24, 2.45) is 0 Å². The molecule has 1 fully saturated rings. The molecule has 0 radical (unpaired) electrons. The molecule has 5 nitrogen and oxygen atoms in total. The lowest BCUT2D eigenvalue weighted by Crippen LogP contribution is -2.37. The van der Waals surface area contributed by atoms with Crippen LogP contribution in [0.15, 0.2) is 53.9 Å². The molecular formula is C24H22N2O3S. The summed E-state index contributed by atoms with van der Waals surface area (Å²) in [7, 11) is 0. The zero-order valence-electron chi connectivity index (χ0n) is 16.7. The summed E-state index contributed by atoms with van der Waals surface area (Å²) < 4.78 is 5.97. The Morgan fingerprint density at radius 2 is 1.90 bits per heavy atom. The largest absolute Gasteiger partial charge is 0.454 e. The molecule has 2 heterocycles. The number of rotatable bonds is 3. The van der Waals surface area contributed by atoms with E-state index in [1.165, 1.54) is 0 Å². The van der Waals surface area contributed by atoms with E-state index in [9.17, 15) is 9.59 Å². The first-order valence-corrected chi connectivity index (χ1v) is 11.0. The molecule has 152 valence electrons. The second-order valence-electron chi connectivity index (χ2n) is 7.99. The first kappa shape index (κ1) is 18.9. The van der Waals surface area contributed by atoms with Crippen LogP contribution in [0.25, 0.3) is 0 Å². The molecule has 6 heteroatoms. The molecule has 2 amide bonds. The Balaban J connectivity index is 1.44. The number of aryl methyl sites for hydroxylation is 1. The Kier molecular flexibility index (Phi) is 4.59. The van der Waals surface area contributed by atoms with Gasteiger partial charge in [0.2, 0.25) is 5.91 Å². The molecule has 2 aromatic carbocycles. The topological polar surface area (TPSA) is 67.4 Å². The molecule has 2 N–H and O–H groups in total. The smallest absolute Gasteiger partial charge is 0.259 e. The zero-order valence-corrected chi connectivity index (χ0v) is 17.5. The predicted molar refractivity (Wildman–Crippen MR) is 119 cm³/mol. The van der Waals surface area contributed by atoms with E-state index in [1.54, 1.807) is 29.5 Å². The molecule has 0 bridgehead atoms. The summed E-state index contributed by atoms with van der Waals surface area (Å²) >= 11 is 1.63. The molecule has 5 rings (SSSR count). The standard InChI is InChI=1S/C24H22N2O3S/c1-15-6-8-20-18(13-15)26-22(27)17-14-16(7-9-19(17)29-20)25-23(28)24(10-2-3-11-24)21-5-4-12-30-21/h4-9,12-14H,2-3,10-11H2,1H3,(H,25,28)(H,26,27). The van der Waals surface area contributed by atoms with Gasteiger partial charge in [0.25, 0.3) is 5.91 Å². The van der Waals surface area contributed by atoms with E-state index in [2.05, 4.69) is 10.6 Å². The van der Waals surface area contributed by atoms with Crippen LogP contribution in [0.4, 0.5) is 11.4 Å². The maximum Gasteiger partial charge on any atom is 0.259 e. The van der Waals surface area contributed by atoms with Crippen molar-refractivity contribution in [3.05, 3.63) is 69.9 Å². The van der Waals surface area contributed by atoms with Crippen LogP contribution in [0.5, 0.6) is 11.5 Å². The minimum atomic E-state index is -0.479. The Morgan fingerprint density at radius 1 is 1.10 bits per heavy atom. The number of fused-ring (bicyclic) bond motifs is 2. The van der Waals surface area contributed by atoms with Crippen molar-refractivity contribution in [3.63, 3.8) is 0 Å². The van der Waals surface area contributed by atoms with Gasteiger partial charge in [0.1, 0.15) is 5.75 Å². The van der Waals surface area contributed by atoms with Gasteiger partial charge in [-0.15, -0.1) is 11.3 Å². The molecule has 3 aromatic rings. The van der Waals surface area contributed by atoms with E-state index in [-0.39, 0.29) is 11.8 Å². The molecular weight excluding hydrogens is 396 g/mol. The minimum absolute atomic E-state index is 0.00346. The van der Waals surface area contributed by atoms with Crippen LogP contribution in [0.2, 0.25) is 0 Å². The highest BCUT2D eigenvalue weighted by atomic mass is 32.1. The summed E-state index contributed by atoms with van der Waals surface area (Å²) in [5.74, 6) is 0.824. The van der Waals surface area contributed by atoms with Crippen LogP contribution in [0, 0.1) is 6.92 Å². The van der Waals surface area contributed by atoms with E-state index in [0.29, 0.717) is 28.4 Å². The van der Waals surface area contributed by atoms with Gasteiger partial charge in [-0.25, -0.2) is 0 Å². The van der Waals surface area contributed by atoms with Crippen molar-refractivity contribution >= 4 is 34.5 Å². The molecule has 0 spiro atoms. The Morgan fingerprint density at radius 3 is 2.67 bits per heavy atom. The summed E-state index contributed by atoms with van der Waals surface area (Å²) in [5.41, 5.74) is 2.20. The number of carbonyl (C=O) groups excluding carboxylic acids is 2. The molecule has 0 saturated heterocycles. The molecule has 1 aliphatic carbocycles. The number of anilines is 2. The van der Waals surface area contributed by atoms with E-state index in [0.717, 1.165) is 36.1 Å². The third-order valence-corrected chi connectivity index (χ3v) is 7.04. The Bertz CT molecular complexity index is 1130. The molecule has 1 aromatic heterocycles. The van der Waals surface area contributed by atoms with Crippen molar-refractivity contribution < 1.29 is 14.3 Å². The number of amides is 2. The predicted octanol–water partition coefficient (Wildman–Crippen LogP) is 5.87. The summed E-state index contributed by atoms with van der Waals surface area (Å²) in [6.45, 7) is 1.96. The third-order valence-electron chi connectivity index (χ3n) is 5.97. The first-order chi connectivity index (χ1) is 14.5. The van der Waals surface area contributed by atoms with Gasteiger partial charge < -0.3 is 15.4 Å². The monoisotopic (exact) mass is 418 g/mol. The van der Waals surface area contributed by atoms with Crippen LogP contribution in [-0.4, -0.2) is 11.8 Å². The molecule has 1 saturated carbocycles. The van der Waals surface area contributed by atoms with E-state index in [4.69, 9.17) is 4.74 Å². The second kappa shape index (κ2) is 7.29. The average Bonchev–Trinajstić information content (AvgIpc) is 3.41. The highest BCUT2D eigenvalue weighted by Gasteiger charge is 2.43. The lowest BCUT2D eigenvalue weighted by atomic mass is 9.83. The van der Waals surface area contributed by atoms with Gasteiger partial charge in [-0.1, -0.05) is 25.0 Å². The van der Waals surface area contributed by atoms with Gasteiger partial charge in [0.05, 0.1) is 16.7 Å². The fourth-order valence-corrected chi connectivity index (χ4v) is 5.36. The highest BCUT2D eigenvalue weighted by molar-refractivity contribution is 7.10. The quantitative estimate of drug-likeness (QED) is 0.559. The maximum absolute atomic E-state index is 13.3. The normalized spacial score (nSPS) is 16.6. The van der Waals surface area contributed by atoms with Gasteiger partial charge in [-0.2, -0.15) is 0 Å². The third kappa shape index (κ3) is 3.17. The number of carbonyl (C=O) groups is 2. The lowest BCUT2D eigenvalue weighted by Gasteiger charge is -2.26. The minimum Gasteiger partial charge on any atom is -0.454 e. The maximum atomic E-state index is 13.3. The van der Waals surface area contributed by atoms with Crippen LogP contribution in [0.1, 0.15) is 46.5 Å². The molecule has 30 heavy (non-hydrogen) atoms. The van der Waals surface area contributed by atoms with E-state index < -0.39 is 5.41 Å². The average molecular weight is 419 g/mol. The number of nitrogens with one attached hydrogen (secondary N) is 2. The highest BCUT2D eigenvalue weighted by Crippen LogP contribution is 2.44. The lowest BCUT2D eigenvalue weighted by molar-refractivity contribution is -0.121. The molecule has 2 aliphatic rings. The van der Waals surface area contributed by atoms with Crippen LogP contribution in [-0.2, 0) is 10.2 Å². The summed E-state index contributed by atoms with van der Waals surface area (Å²) in [6, 6.07) is 14.9. The van der Waals surface area contributed by atoms with Crippen molar-refractivity contribution in [1.82, 2.24) is 0 Å². The van der Waals surface area contributed by atoms with Crippen molar-refractivity contribution in [2.75, 3.05) is 10.6 Å². The number of hydrogen-bond acceptors (Lipinski definition) is 4. The Hall–Kier alpha value is -3.12. The van der Waals surface area contributed by atoms with Crippen molar-refractivity contribution in [3.8, 4) is 11.5 Å². The summed E-state index contributed by atoms with van der Waals surface area (Å²) in [4.78, 5) is 27.3. The molecule has 0 atom stereocenters. The van der Waals surface area contributed by atoms with Gasteiger partial charge >= 0.3 is 0 Å². The van der Waals surface area contributed by atoms with E-state index >= 15 is 0 Å². The molecule has 1 aliphatic heterocycles. The first-order valence-electron chi connectivity index (χ1n) is 10.1. The van der Waals surface area contributed by atoms with Gasteiger partial charge in [-0.05, 0) is 67.1 Å². The summed E-state index contributed by atoms with van der Waals surface area (Å²) in [6.07, 6.45) is 3.79. The van der Waals surface area contributed by atoms with Crippen LogP contribution >= 0.6 is 11.3 Å². The van der Waals surface area contributed by atoms with Gasteiger partial charge in [-0.3, -0.25) is 9.59 Å². The van der Waals surface area contributed by atoms with Crippen LogP contribution in [0.3, 0.4) is 0 Å². The SMILES string of the molecule is Cc1ccc2c(c1)NC(=O)c1cc(NC(=O)C3(c4cccs4)CCCC3)ccc1O2. The fourth-order valence-electron chi connectivity index (χ4n) is 4.38. The number of thiophene rings is 1. The van der Waals surface area contributed by atoms with Crippen LogP contribution < -0.4 is 15.4 Å². The summed E-state index contributed by atoms with van der Waals surface area (Å²) in [5, 5.41) is 8.00. The second-order valence-corrected chi connectivity index (χ2v) is 8.94. The van der Waals surface area contributed by atoms with Gasteiger partial charge in [0.15, 0.2) is 5.75 Å². The van der Waals surface area contributed by atoms with Gasteiger partial charge in [0, 0.05) is 10.6 Å². The van der Waals surface area contributed by atoms with E-state index in [1.807, 2.05) is 42.6 Å². The number of ether oxygens (including phenoxy) is 1. The fraction of sp³-hybridized carbons (Fsp3) is 0.250.